The molecule has 0 spiro atoms. The molecule has 0 aliphatic rings. The van der Waals surface area contributed by atoms with Crippen molar-refractivity contribution in [3.8, 4) is 0 Å². The maximum Gasteiger partial charge on any atom is 0.225 e. The first kappa shape index (κ1) is 16.2. The second-order valence-corrected chi connectivity index (χ2v) is 6.27. The summed E-state index contributed by atoms with van der Waals surface area (Å²) in [4.78, 5) is 15.6. The quantitative estimate of drug-likeness (QED) is 0.795. The molecule has 1 amide bonds. The lowest BCUT2D eigenvalue weighted by Crippen LogP contribution is -2.34. The van der Waals surface area contributed by atoms with Gasteiger partial charge in [0.05, 0.1) is 6.54 Å². The zero-order chi connectivity index (χ0) is 14.3. The van der Waals surface area contributed by atoms with Crippen molar-refractivity contribution in [1.82, 2.24) is 4.90 Å². The number of nitrogens with two attached hydrogens (primary N) is 1. The summed E-state index contributed by atoms with van der Waals surface area (Å²) in [5.74, 6) is 0.360. The van der Waals surface area contributed by atoms with Gasteiger partial charge >= 0.3 is 0 Å². The van der Waals surface area contributed by atoms with Crippen LogP contribution in [-0.2, 0) is 11.3 Å². The largest absolute Gasteiger partial charge is 0.338 e. The molecule has 0 aliphatic carbocycles. The first-order valence-electron chi connectivity index (χ1n) is 7.11. The predicted octanol–water partition coefficient (Wildman–Crippen LogP) is 3.25. The number of hydrogen-bond acceptors (Lipinski definition) is 3. The van der Waals surface area contributed by atoms with Crippen molar-refractivity contribution in [1.29, 1.82) is 0 Å². The molecule has 0 fully saturated rings. The lowest BCUT2D eigenvalue weighted by atomic mass is 10.0. The minimum Gasteiger partial charge on any atom is -0.338 e. The minimum atomic E-state index is 0.0960. The van der Waals surface area contributed by atoms with Crippen LogP contribution in [0.3, 0.4) is 0 Å². The third-order valence-corrected chi connectivity index (χ3v) is 4.20. The van der Waals surface area contributed by atoms with Crippen molar-refractivity contribution in [3.05, 3.63) is 22.4 Å². The van der Waals surface area contributed by atoms with E-state index in [0.29, 0.717) is 0 Å². The zero-order valence-electron chi connectivity index (χ0n) is 12.3. The number of rotatable bonds is 8. The van der Waals surface area contributed by atoms with Gasteiger partial charge in [-0.05, 0) is 38.1 Å². The van der Waals surface area contributed by atoms with E-state index in [1.807, 2.05) is 31.7 Å². The van der Waals surface area contributed by atoms with Gasteiger partial charge in [-0.15, -0.1) is 11.3 Å². The number of nitrogens with zero attached hydrogens (tertiary/aromatic N) is 1. The number of carbonyl (C=O) groups excluding carboxylic acids is 1. The molecule has 19 heavy (non-hydrogen) atoms. The van der Waals surface area contributed by atoms with Gasteiger partial charge in [0.1, 0.15) is 0 Å². The van der Waals surface area contributed by atoms with Crippen LogP contribution in [0.25, 0.3) is 0 Å². The number of carbonyl (C=O) groups is 1. The van der Waals surface area contributed by atoms with Gasteiger partial charge in [-0.3, -0.25) is 4.79 Å². The average molecular weight is 282 g/mol. The predicted molar refractivity (Wildman–Crippen MR) is 82.1 cm³/mol. The Morgan fingerprint density at radius 2 is 2.16 bits per heavy atom. The topological polar surface area (TPSA) is 46.3 Å². The van der Waals surface area contributed by atoms with Gasteiger partial charge in [-0.2, -0.15) is 0 Å². The fraction of sp³-hybridized carbons (Fsp3) is 0.667. The van der Waals surface area contributed by atoms with E-state index in [2.05, 4.69) is 11.4 Å². The summed E-state index contributed by atoms with van der Waals surface area (Å²) in [5.41, 5.74) is 5.74. The van der Waals surface area contributed by atoms with Crippen LogP contribution in [0.5, 0.6) is 0 Å². The van der Waals surface area contributed by atoms with Gasteiger partial charge in [0.25, 0.3) is 0 Å². The van der Waals surface area contributed by atoms with E-state index in [-0.39, 0.29) is 17.9 Å². The van der Waals surface area contributed by atoms with Crippen LogP contribution in [0, 0.1) is 5.92 Å². The highest BCUT2D eigenvalue weighted by Gasteiger charge is 2.19. The van der Waals surface area contributed by atoms with E-state index < -0.39 is 0 Å². The molecule has 0 aromatic carbocycles. The molecule has 2 N–H and O–H groups in total. The molecule has 108 valence electrons. The lowest BCUT2D eigenvalue weighted by molar-refractivity contribution is -0.135. The van der Waals surface area contributed by atoms with Gasteiger partial charge < -0.3 is 10.6 Å². The maximum atomic E-state index is 12.4. The summed E-state index contributed by atoms with van der Waals surface area (Å²) in [6.45, 7) is 7.60. The van der Waals surface area contributed by atoms with E-state index in [4.69, 9.17) is 5.73 Å². The monoisotopic (exact) mass is 282 g/mol. The molecular formula is C15H26N2OS. The molecule has 0 saturated carbocycles. The highest BCUT2D eigenvalue weighted by molar-refractivity contribution is 7.09. The summed E-state index contributed by atoms with van der Waals surface area (Å²) in [6, 6.07) is 4.35. The minimum absolute atomic E-state index is 0.0960. The van der Waals surface area contributed by atoms with Crippen molar-refractivity contribution in [2.75, 3.05) is 6.54 Å². The molecule has 0 radical (unpaired) electrons. The molecule has 0 aliphatic heterocycles. The summed E-state index contributed by atoms with van der Waals surface area (Å²) in [7, 11) is 0. The Bertz CT molecular complexity index is 362. The smallest absolute Gasteiger partial charge is 0.225 e. The highest BCUT2D eigenvalue weighted by atomic mass is 32.1. The fourth-order valence-corrected chi connectivity index (χ4v) is 2.84. The molecule has 4 heteroatoms. The Labute approximate surface area is 120 Å². The summed E-state index contributed by atoms with van der Waals surface area (Å²) >= 11 is 1.71. The fourth-order valence-electron chi connectivity index (χ4n) is 2.12. The van der Waals surface area contributed by atoms with Crippen LogP contribution < -0.4 is 5.73 Å². The number of hydrogen-bond donors (Lipinski definition) is 1. The molecule has 3 nitrogen and oxygen atoms in total. The normalized spacial score (nSPS) is 14.1. The van der Waals surface area contributed by atoms with E-state index in [1.165, 1.54) is 4.88 Å². The zero-order valence-corrected chi connectivity index (χ0v) is 13.1. The second-order valence-electron chi connectivity index (χ2n) is 5.24. The molecule has 2 atom stereocenters. The van der Waals surface area contributed by atoms with Crippen molar-refractivity contribution in [2.24, 2.45) is 11.7 Å². The molecule has 1 heterocycles. The molecule has 1 aromatic heterocycles. The van der Waals surface area contributed by atoms with E-state index in [0.717, 1.165) is 32.4 Å². The summed E-state index contributed by atoms with van der Waals surface area (Å²) in [5, 5.41) is 2.06. The first-order valence-corrected chi connectivity index (χ1v) is 7.99. The first-order chi connectivity index (χ1) is 9.04. The molecule has 0 saturated heterocycles. The van der Waals surface area contributed by atoms with Crippen molar-refractivity contribution < 1.29 is 4.79 Å². The van der Waals surface area contributed by atoms with Gasteiger partial charge in [0.2, 0.25) is 5.91 Å². The molecule has 0 bridgehead atoms. The van der Waals surface area contributed by atoms with E-state index >= 15 is 0 Å². The lowest BCUT2D eigenvalue weighted by Gasteiger charge is -2.24. The summed E-state index contributed by atoms with van der Waals surface area (Å²) < 4.78 is 0. The second kappa shape index (κ2) is 8.33. The SMILES string of the molecule is CCN(Cc1cccs1)C(=O)C(C)CCCC(C)N. The van der Waals surface area contributed by atoms with Crippen LogP contribution in [0.1, 0.15) is 44.9 Å². The van der Waals surface area contributed by atoms with E-state index in [1.54, 1.807) is 11.3 Å². The van der Waals surface area contributed by atoms with Gasteiger partial charge in [0.15, 0.2) is 0 Å². The number of thiophene rings is 1. The Kier molecular flexibility index (Phi) is 7.10. The maximum absolute atomic E-state index is 12.4. The molecule has 1 rings (SSSR count). The van der Waals surface area contributed by atoms with Crippen LogP contribution in [0.4, 0.5) is 0 Å². The van der Waals surface area contributed by atoms with Gasteiger partial charge in [0, 0.05) is 23.4 Å². The van der Waals surface area contributed by atoms with E-state index in [9.17, 15) is 4.79 Å². The Morgan fingerprint density at radius 1 is 1.42 bits per heavy atom. The molecule has 2 unspecified atom stereocenters. The summed E-state index contributed by atoms with van der Waals surface area (Å²) in [6.07, 6.45) is 2.96. The van der Waals surface area contributed by atoms with Crippen LogP contribution >= 0.6 is 11.3 Å². The van der Waals surface area contributed by atoms with Crippen molar-refractivity contribution in [2.45, 2.75) is 52.6 Å². The van der Waals surface area contributed by atoms with Crippen molar-refractivity contribution >= 4 is 17.2 Å². The Morgan fingerprint density at radius 3 is 2.68 bits per heavy atom. The molecular weight excluding hydrogens is 256 g/mol. The average Bonchev–Trinajstić information content (AvgIpc) is 2.87. The molecule has 1 aromatic rings. The highest BCUT2D eigenvalue weighted by Crippen LogP contribution is 2.16. The van der Waals surface area contributed by atoms with Crippen LogP contribution in [0.2, 0.25) is 0 Å². The van der Waals surface area contributed by atoms with Gasteiger partial charge in [-0.25, -0.2) is 0 Å². The van der Waals surface area contributed by atoms with Crippen molar-refractivity contribution in [3.63, 3.8) is 0 Å². The Hall–Kier alpha value is -0.870. The van der Waals surface area contributed by atoms with Crippen LogP contribution in [0.15, 0.2) is 17.5 Å². The van der Waals surface area contributed by atoms with Crippen LogP contribution in [-0.4, -0.2) is 23.4 Å². The Balaban J connectivity index is 2.43. The third-order valence-electron chi connectivity index (χ3n) is 3.34. The van der Waals surface area contributed by atoms with Gasteiger partial charge in [-0.1, -0.05) is 19.4 Å². The third kappa shape index (κ3) is 5.74. The standard InChI is InChI=1S/C15H26N2OS/c1-4-17(11-14-9-6-10-19-14)15(18)12(2)7-5-8-13(3)16/h6,9-10,12-13H,4-5,7-8,11,16H2,1-3H3. The number of amides is 1.